The van der Waals surface area contributed by atoms with Crippen LogP contribution in [0.1, 0.15) is 42.7 Å². The van der Waals surface area contributed by atoms with Gasteiger partial charge in [-0.1, -0.05) is 18.4 Å². The second-order valence-electron chi connectivity index (χ2n) is 4.58. The molecule has 2 unspecified atom stereocenters. The molecule has 2 rings (SSSR count). The van der Waals surface area contributed by atoms with Gasteiger partial charge >= 0.3 is 24.5 Å². The Morgan fingerprint density at radius 3 is 2.35 bits per heavy atom. The standard InChI is InChI=1S/C14H17O2.V/c1-10-6-8-11(9-7-10)12-4-2-3-5-13(12)14(15)16;/h6-9,12-13H,1-5H2,(H,15,16);/q-1;+2. The van der Waals surface area contributed by atoms with Gasteiger partial charge in [0.15, 0.2) is 0 Å². The molecule has 1 N–H and O–H groups in total. The van der Waals surface area contributed by atoms with Crippen molar-refractivity contribution in [2.45, 2.75) is 31.6 Å². The number of hydrogen-bond donors (Lipinski definition) is 1. The molecule has 0 heterocycles. The summed E-state index contributed by atoms with van der Waals surface area (Å²) in [6.45, 7) is 3.84. The zero-order valence-corrected chi connectivity index (χ0v) is 11.2. The third-order valence-corrected chi connectivity index (χ3v) is 3.49. The molecule has 89 valence electrons. The van der Waals surface area contributed by atoms with Gasteiger partial charge in [-0.05, 0) is 18.8 Å². The van der Waals surface area contributed by atoms with Crippen LogP contribution in [0.15, 0.2) is 24.3 Å². The van der Waals surface area contributed by atoms with Crippen LogP contribution >= 0.6 is 0 Å². The number of hydrogen-bond acceptors (Lipinski definition) is 1. The summed E-state index contributed by atoms with van der Waals surface area (Å²) in [6, 6.07) is 7.97. The van der Waals surface area contributed by atoms with Crippen LogP contribution in [0.2, 0.25) is 0 Å². The SMILES string of the molecule is [CH2-]c1ccc(C2CCCCC2C(=O)O)cc1.[V+2]. The maximum absolute atomic E-state index is 11.2. The van der Waals surface area contributed by atoms with E-state index in [1.165, 1.54) is 0 Å². The Morgan fingerprint density at radius 1 is 1.18 bits per heavy atom. The summed E-state index contributed by atoms with van der Waals surface area (Å²) in [5.74, 6) is -0.667. The molecule has 1 aliphatic carbocycles. The molecular weight excluding hydrogens is 251 g/mol. The molecule has 17 heavy (non-hydrogen) atoms. The van der Waals surface area contributed by atoms with Crippen LogP contribution in [0, 0.1) is 12.8 Å². The molecule has 0 amide bonds. The van der Waals surface area contributed by atoms with Crippen molar-refractivity contribution in [1.82, 2.24) is 0 Å². The van der Waals surface area contributed by atoms with Crippen molar-refractivity contribution in [3.8, 4) is 0 Å². The van der Waals surface area contributed by atoms with E-state index in [1.54, 1.807) is 0 Å². The fourth-order valence-electron chi connectivity index (χ4n) is 2.59. The first-order chi connectivity index (χ1) is 7.68. The van der Waals surface area contributed by atoms with Crippen molar-refractivity contribution in [3.63, 3.8) is 0 Å². The van der Waals surface area contributed by atoms with E-state index in [-0.39, 0.29) is 30.4 Å². The molecule has 0 aliphatic heterocycles. The number of carboxylic acid groups (broad SMARTS) is 1. The van der Waals surface area contributed by atoms with Crippen molar-refractivity contribution in [2.24, 2.45) is 5.92 Å². The van der Waals surface area contributed by atoms with Crippen LogP contribution in [0.5, 0.6) is 0 Å². The van der Waals surface area contributed by atoms with Crippen molar-refractivity contribution >= 4 is 5.97 Å². The first-order valence-electron chi connectivity index (χ1n) is 5.83. The third-order valence-electron chi connectivity index (χ3n) is 3.49. The summed E-state index contributed by atoms with van der Waals surface area (Å²) in [7, 11) is 0. The minimum atomic E-state index is -0.650. The van der Waals surface area contributed by atoms with E-state index in [1.807, 2.05) is 24.3 Å². The van der Waals surface area contributed by atoms with Gasteiger partial charge in [0.05, 0.1) is 5.92 Å². The van der Waals surface area contributed by atoms with Gasteiger partial charge < -0.3 is 5.11 Å². The fraction of sp³-hybridized carbons (Fsp3) is 0.429. The largest absolute Gasteiger partial charge is 2.00 e. The number of aliphatic carboxylic acids is 1. The van der Waals surface area contributed by atoms with Gasteiger partial charge in [0.2, 0.25) is 0 Å². The molecule has 0 spiro atoms. The predicted molar refractivity (Wildman–Crippen MR) is 63.2 cm³/mol. The quantitative estimate of drug-likeness (QED) is 0.836. The Bertz CT molecular complexity index is 372. The summed E-state index contributed by atoms with van der Waals surface area (Å²) in [5.41, 5.74) is 2.13. The van der Waals surface area contributed by atoms with Crippen molar-refractivity contribution in [3.05, 3.63) is 42.3 Å². The predicted octanol–water partition coefficient (Wildman–Crippen LogP) is 3.22. The number of benzene rings is 1. The molecule has 0 saturated heterocycles. The maximum atomic E-state index is 11.2. The molecular formula is C14H17O2V+. The molecule has 2 nitrogen and oxygen atoms in total. The number of carboxylic acids is 1. The van der Waals surface area contributed by atoms with Crippen molar-refractivity contribution in [2.75, 3.05) is 0 Å². The van der Waals surface area contributed by atoms with Gasteiger partial charge in [0, 0.05) is 0 Å². The second kappa shape index (κ2) is 6.18. The molecule has 1 radical (unpaired) electrons. The molecule has 2 atom stereocenters. The van der Waals surface area contributed by atoms with Crippen LogP contribution in [-0.4, -0.2) is 11.1 Å². The molecule has 1 aliphatic rings. The Morgan fingerprint density at radius 2 is 1.76 bits per heavy atom. The third kappa shape index (κ3) is 3.30. The number of rotatable bonds is 2. The van der Waals surface area contributed by atoms with E-state index < -0.39 is 5.97 Å². The molecule has 1 saturated carbocycles. The van der Waals surface area contributed by atoms with Crippen LogP contribution < -0.4 is 0 Å². The zero-order valence-electron chi connectivity index (χ0n) is 9.80. The van der Waals surface area contributed by atoms with Crippen molar-refractivity contribution in [1.29, 1.82) is 0 Å². The molecule has 1 fully saturated rings. The van der Waals surface area contributed by atoms with Crippen LogP contribution in [0.3, 0.4) is 0 Å². The maximum Gasteiger partial charge on any atom is 2.00 e. The summed E-state index contributed by atoms with van der Waals surface area (Å²) >= 11 is 0. The monoisotopic (exact) mass is 268 g/mol. The van der Waals surface area contributed by atoms with E-state index in [0.717, 1.165) is 36.8 Å². The van der Waals surface area contributed by atoms with Crippen LogP contribution in [0.25, 0.3) is 0 Å². The van der Waals surface area contributed by atoms with Gasteiger partial charge in [-0.25, -0.2) is 0 Å². The smallest absolute Gasteiger partial charge is 0.481 e. The Labute approximate surface area is 114 Å². The molecule has 1 aromatic rings. The summed E-state index contributed by atoms with van der Waals surface area (Å²) in [5, 5.41) is 9.21. The average molecular weight is 268 g/mol. The number of carbonyl (C=O) groups is 1. The summed E-state index contributed by atoms with van der Waals surface area (Å²) in [6.07, 6.45) is 3.99. The van der Waals surface area contributed by atoms with Gasteiger partial charge in [-0.15, -0.1) is 12.1 Å². The van der Waals surface area contributed by atoms with Crippen molar-refractivity contribution < 1.29 is 28.5 Å². The summed E-state index contributed by atoms with van der Waals surface area (Å²) in [4.78, 5) is 11.2. The Kier molecular flexibility index (Phi) is 5.16. The van der Waals surface area contributed by atoms with Crippen LogP contribution in [-0.2, 0) is 23.4 Å². The normalized spacial score (nSPS) is 23.8. The van der Waals surface area contributed by atoms with Gasteiger partial charge in [-0.3, -0.25) is 4.79 Å². The first kappa shape index (κ1) is 14.2. The minimum absolute atomic E-state index is 0. The molecule has 3 heteroatoms. The van der Waals surface area contributed by atoms with Gasteiger partial charge in [-0.2, -0.15) is 24.6 Å². The van der Waals surface area contributed by atoms with Gasteiger partial charge in [0.1, 0.15) is 0 Å². The fourth-order valence-corrected chi connectivity index (χ4v) is 2.59. The van der Waals surface area contributed by atoms with Gasteiger partial charge in [0.25, 0.3) is 0 Å². The van der Waals surface area contributed by atoms with E-state index in [4.69, 9.17) is 0 Å². The first-order valence-corrected chi connectivity index (χ1v) is 5.83. The minimum Gasteiger partial charge on any atom is -0.481 e. The van der Waals surface area contributed by atoms with Crippen LogP contribution in [0.4, 0.5) is 0 Å². The molecule has 0 aromatic heterocycles. The zero-order chi connectivity index (χ0) is 11.5. The Hall–Kier alpha value is -0.856. The molecule has 0 bridgehead atoms. The Balaban J connectivity index is 0.00000144. The topological polar surface area (TPSA) is 37.3 Å². The van der Waals surface area contributed by atoms with E-state index >= 15 is 0 Å². The van der Waals surface area contributed by atoms with E-state index in [2.05, 4.69) is 6.92 Å². The summed E-state index contributed by atoms with van der Waals surface area (Å²) < 4.78 is 0. The van der Waals surface area contributed by atoms with E-state index in [0.29, 0.717) is 0 Å². The van der Waals surface area contributed by atoms with E-state index in [9.17, 15) is 9.90 Å². The average Bonchev–Trinajstić information content (AvgIpc) is 2.30. The molecule has 1 aromatic carbocycles. The second-order valence-corrected chi connectivity index (χ2v) is 4.58.